The maximum absolute atomic E-state index is 6.23. The molecule has 0 aliphatic carbocycles. The lowest BCUT2D eigenvalue weighted by Gasteiger charge is -2.21. The molecular formula is C23H25ClN6OS. The lowest BCUT2D eigenvalue weighted by Crippen LogP contribution is -2.21. The molecule has 9 heteroatoms. The standard InChI is InChI=1S/C23H25ClN6OS/c1-4-29(5-2)17-13-11-16(12-14-17)21-26-28-23(30(21)6-3)32-15-20-25-27-22(31-20)18-9-7-8-10-19(18)24/h7-14H,4-6,15H2,1-3H3. The van der Waals surface area contributed by atoms with Crippen molar-refractivity contribution in [3.8, 4) is 22.8 Å². The van der Waals surface area contributed by atoms with Gasteiger partial charge in [-0.25, -0.2) is 0 Å². The molecule has 4 aromatic rings. The number of anilines is 1. The second-order valence-electron chi connectivity index (χ2n) is 7.04. The highest BCUT2D eigenvalue weighted by molar-refractivity contribution is 7.98. The first-order valence-corrected chi connectivity index (χ1v) is 12.0. The zero-order valence-electron chi connectivity index (χ0n) is 18.3. The van der Waals surface area contributed by atoms with E-state index in [1.807, 2.05) is 18.2 Å². The number of hydrogen-bond acceptors (Lipinski definition) is 7. The van der Waals surface area contributed by atoms with Crippen molar-refractivity contribution < 1.29 is 4.42 Å². The summed E-state index contributed by atoms with van der Waals surface area (Å²) in [5.74, 6) is 2.28. The molecule has 0 radical (unpaired) electrons. The van der Waals surface area contributed by atoms with Gasteiger partial charge in [0.15, 0.2) is 11.0 Å². The van der Waals surface area contributed by atoms with E-state index in [0.717, 1.165) is 41.7 Å². The minimum atomic E-state index is 0.414. The van der Waals surface area contributed by atoms with Crippen LogP contribution in [-0.4, -0.2) is 38.1 Å². The minimum absolute atomic E-state index is 0.414. The van der Waals surface area contributed by atoms with Crippen LogP contribution in [0.4, 0.5) is 5.69 Å². The highest BCUT2D eigenvalue weighted by atomic mass is 35.5. The molecular weight excluding hydrogens is 444 g/mol. The lowest BCUT2D eigenvalue weighted by atomic mass is 10.2. The van der Waals surface area contributed by atoms with Gasteiger partial charge in [0, 0.05) is 30.9 Å². The molecule has 32 heavy (non-hydrogen) atoms. The van der Waals surface area contributed by atoms with Crippen molar-refractivity contribution in [1.82, 2.24) is 25.0 Å². The van der Waals surface area contributed by atoms with Crippen LogP contribution in [0.15, 0.2) is 58.1 Å². The first-order valence-electron chi connectivity index (χ1n) is 10.6. The molecule has 4 rings (SSSR count). The van der Waals surface area contributed by atoms with E-state index in [1.54, 1.807) is 6.07 Å². The Bertz CT molecular complexity index is 1170. The van der Waals surface area contributed by atoms with Crippen LogP contribution < -0.4 is 4.90 Å². The number of rotatable bonds is 9. The van der Waals surface area contributed by atoms with Crippen molar-refractivity contribution in [2.75, 3.05) is 18.0 Å². The maximum atomic E-state index is 6.23. The lowest BCUT2D eigenvalue weighted by molar-refractivity contribution is 0.528. The predicted octanol–water partition coefficient (Wildman–Crippen LogP) is 5.81. The summed E-state index contributed by atoms with van der Waals surface area (Å²) in [6.45, 7) is 9.14. The van der Waals surface area contributed by atoms with E-state index >= 15 is 0 Å². The van der Waals surface area contributed by atoms with E-state index < -0.39 is 0 Å². The Morgan fingerprint density at radius 2 is 1.69 bits per heavy atom. The first-order chi connectivity index (χ1) is 15.6. The van der Waals surface area contributed by atoms with Crippen LogP contribution in [0.3, 0.4) is 0 Å². The minimum Gasteiger partial charge on any atom is -0.420 e. The van der Waals surface area contributed by atoms with Gasteiger partial charge in [0.05, 0.1) is 16.3 Å². The molecule has 0 saturated carbocycles. The quantitative estimate of drug-likeness (QED) is 0.287. The maximum Gasteiger partial charge on any atom is 0.249 e. The van der Waals surface area contributed by atoms with Gasteiger partial charge < -0.3 is 13.9 Å². The molecule has 0 aliphatic heterocycles. The second kappa shape index (κ2) is 10.2. The van der Waals surface area contributed by atoms with Crippen molar-refractivity contribution >= 4 is 29.1 Å². The highest BCUT2D eigenvalue weighted by Gasteiger charge is 2.16. The average Bonchev–Trinajstić information content (AvgIpc) is 3.46. The van der Waals surface area contributed by atoms with Crippen LogP contribution in [0.1, 0.15) is 26.7 Å². The van der Waals surface area contributed by atoms with Crippen molar-refractivity contribution in [2.24, 2.45) is 0 Å². The van der Waals surface area contributed by atoms with Crippen molar-refractivity contribution in [3.05, 3.63) is 59.4 Å². The van der Waals surface area contributed by atoms with E-state index in [1.165, 1.54) is 17.4 Å². The zero-order valence-corrected chi connectivity index (χ0v) is 19.9. The highest BCUT2D eigenvalue weighted by Crippen LogP contribution is 2.30. The van der Waals surface area contributed by atoms with Crippen LogP contribution in [-0.2, 0) is 12.3 Å². The Kier molecular flexibility index (Phi) is 7.12. The topological polar surface area (TPSA) is 72.9 Å². The monoisotopic (exact) mass is 468 g/mol. The fourth-order valence-electron chi connectivity index (χ4n) is 3.49. The molecule has 0 saturated heterocycles. The largest absolute Gasteiger partial charge is 0.420 e. The predicted molar refractivity (Wildman–Crippen MR) is 129 cm³/mol. The number of nitrogens with zero attached hydrogens (tertiary/aromatic N) is 6. The van der Waals surface area contributed by atoms with Gasteiger partial charge in [-0.05, 0) is 57.2 Å². The molecule has 0 atom stereocenters. The van der Waals surface area contributed by atoms with Gasteiger partial charge in [-0.15, -0.1) is 20.4 Å². The summed E-state index contributed by atoms with van der Waals surface area (Å²) in [7, 11) is 0. The molecule has 2 aromatic heterocycles. The van der Waals surface area contributed by atoms with Crippen LogP contribution in [0.5, 0.6) is 0 Å². The number of thioether (sulfide) groups is 1. The fourth-order valence-corrected chi connectivity index (χ4v) is 4.54. The SMILES string of the molecule is CCN(CC)c1ccc(-c2nnc(SCc3nnc(-c4ccccc4Cl)o3)n2CC)cc1. The van der Waals surface area contributed by atoms with Gasteiger partial charge in [-0.2, -0.15) is 0 Å². The molecule has 0 N–H and O–H groups in total. The van der Waals surface area contributed by atoms with Gasteiger partial charge >= 0.3 is 0 Å². The smallest absolute Gasteiger partial charge is 0.249 e. The Morgan fingerprint density at radius 3 is 2.38 bits per heavy atom. The summed E-state index contributed by atoms with van der Waals surface area (Å²) in [6.07, 6.45) is 0. The fraction of sp³-hybridized carbons (Fsp3) is 0.304. The van der Waals surface area contributed by atoms with E-state index in [9.17, 15) is 0 Å². The number of hydrogen-bond donors (Lipinski definition) is 0. The van der Waals surface area contributed by atoms with Crippen LogP contribution in [0, 0.1) is 0 Å². The molecule has 0 fully saturated rings. The van der Waals surface area contributed by atoms with Gasteiger partial charge in [0.1, 0.15) is 0 Å². The van der Waals surface area contributed by atoms with Crippen molar-refractivity contribution in [1.29, 1.82) is 0 Å². The normalized spacial score (nSPS) is 11.1. The molecule has 0 bridgehead atoms. The molecule has 7 nitrogen and oxygen atoms in total. The molecule has 2 aromatic carbocycles. The van der Waals surface area contributed by atoms with E-state index in [2.05, 4.69) is 74.9 Å². The van der Waals surface area contributed by atoms with Crippen LogP contribution >= 0.6 is 23.4 Å². The van der Waals surface area contributed by atoms with Gasteiger partial charge in [-0.1, -0.05) is 35.5 Å². The van der Waals surface area contributed by atoms with Gasteiger partial charge in [0.2, 0.25) is 11.8 Å². The molecule has 0 amide bonds. The van der Waals surface area contributed by atoms with E-state index in [4.69, 9.17) is 16.0 Å². The summed E-state index contributed by atoms with van der Waals surface area (Å²) >= 11 is 7.75. The van der Waals surface area contributed by atoms with E-state index in [-0.39, 0.29) is 0 Å². The number of aromatic nitrogens is 5. The molecule has 0 aliphatic rings. The third-order valence-electron chi connectivity index (χ3n) is 5.18. The molecule has 2 heterocycles. The Labute approximate surface area is 196 Å². The summed E-state index contributed by atoms with van der Waals surface area (Å²) in [5.41, 5.74) is 2.98. The third kappa shape index (κ3) is 4.66. The average molecular weight is 469 g/mol. The number of benzene rings is 2. The number of halogens is 1. The van der Waals surface area contributed by atoms with Crippen molar-refractivity contribution in [3.63, 3.8) is 0 Å². The second-order valence-corrected chi connectivity index (χ2v) is 8.39. The van der Waals surface area contributed by atoms with Crippen LogP contribution in [0.25, 0.3) is 22.8 Å². The Morgan fingerprint density at radius 1 is 0.938 bits per heavy atom. The van der Waals surface area contributed by atoms with Gasteiger partial charge in [0.25, 0.3) is 0 Å². The molecule has 0 spiro atoms. The summed E-state index contributed by atoms with van der Waals surface area (Å²) in [4.78, 5) is 2.32. The Balaban J connectivity index is 1.49. The van der Waals surface area contributed by atoms with Gasteiger partial charge in [-0.3, -0.25) is 0 Å². The Hall–Kier alpha value is -2.84. The summed E-state index contributed by atoms with van der Waals surface area (Å²) < 4.78 is 7.90. The summed E-state index contributed by atoms with van der Waals surface area (Å²) in [5, 5.41) is 18.5. The molecule has 0 unspecified atom stereocenters. The van der Waals surface area contributed by atoms with E-state index in [0.29, 0.717) is 22.6 Å². The van der Waals surface area contributed by atoms with Crippen molar-refractivity contribution in [2.45, 2.75) is 38.2 Å². The first kappa shape index (κ1) is 22.4. The molecule has 166 valence electrons. The summed E-state index contributed by atoms with van der Waals surface area (Å²) in [6, 6.07) is 15.9. The van der Waals surface area contributed by atoms with Crippen LogP contribution in [0.2, 0.25) is 5.02 Å². The third-order valence-corrected chi connectivity index (χ3v) is 6.46. The zero-order chi connectivity index (χ0) is 22.5.